The smallest absolute Gasteiger partial charge is 0.258 e. The summed E-state index contributed by atoms with van der Waals surface area (Å²) in [6, 6.07) is 8.03. The van der Waals surface area contributed by atoms with Gasteiger partial charge in [-0.05, 0) is 98.1 Å². The average Bonchev–Trinajstić information content (AvgIpc) is 2.86. The number of rotatable bonds is 3. The van der Waals surface area contributed by atoms with Gasteiger partial charge in [0.1, 0.15) is 11.6 Å². The van der Waals surface area contributed by atoms with E-state index in [1.807, 2.05) is 0 Å². The number of hydrogen-bond donors (Lipinski definition) is 1. The van der Waals surface area contributed by atoms with Gasteiger partial charge in [0, 0.05) is 18.3 Å². The van der Waals surface area contributed by atoms with Crippen molar-refractivity contribution in [2.45, 2.75) is 38.1 Å². The van der Waals surface area contributed by atoms with Gasteiger partial charge in [-0.3, -0.25) is 14.5 Å². The van der Waals surface area contributed by atoms with E-state index in [1.54, 1.807) is 11.0 Å². The van der Waals surface area contributed by atoms with Gasteiger partial charge in [-0.2, -0.15) is 0 Å². The van der Waals surface area contributed by atoms with Gasteiger partial charge < -0.3 is 10.6 Å². The van der Waals surface area contributed by atoms with Crippen molar-refractivity contribution in [3.05, 3.63) is 54.1 Å². The Bertz CT molecular complexity index is 1090. The zero-order valence-electron chi connectivity index (χ0n) is 18.3. The summed E-state index contributed by atoms with van der Waals surface area (Å²) < 4.78 is 27.9. The molecule has 2 aromatic carbocycles. The zero-order valence-corrected chi connectivity index (χ0v) is 18.3. The third kappa shape index (κ3) is 3.36. The van der Waals surface area contributed by atoms with Gasteiger partial charge in [-0.25, -0.2) is 8.78 Å². The Kier molecular flexibility index (Phi) is 4.80. The number of nitrogens with zero attached hydrogens (tertiary/aromatic N) is 2. The summed E-state index contributed by atoms with van der Waals surface area (Å²) in [4.78, 5) is 29.7. The summed E-state index contributed by atoms with van der Waals surface area (Å²) >= 11 is 0. The molecule has 2 aromatic rings. The number of halogens is 2. The monoisotopic (exact) mass is 451 g/mol. The number of nitrogens with two attached hydrogens (primary N) is 1. The van der Waals surface area contributed by atoms with Crippen LogP contribution in [0.5, 0.6) is 0 Å². The lowest BCUT2D eigenvalue weighted by Gasteiger charge is -2.55. The Hall–Kier alpha value is -2.80. The predicted octanol–water partition coefficient (Wildman–Crippen LogP) is 4.38. The van der Waals surface area contributed by atoms with Crippen molar-refractivity contribution in [3.8, 4) is 0 Å². The molecule has 4 saturated carbocycles. The maximum absolute atomic E-state index is 14.4. The molecule has 1 aliphatic heterocycles. The molecule has 7 rings (SSSR count). The highest BCUT2D eigenvalue weighted by atomic mass is 19.1. The number of carbonyl (C=O) groups excluding carboxylic acids is 2. The molecule has 1 atom stereocenters. The third-order valence-corrected chi connectivity index (χ3v) is 8.39. The van der Waals surface area contributed by atoms with Gasteiger partial charge in [0.2, 0.25) is 0 Å². The van der Waals surface area contributed by atoms with Crippen molar-refractivity contribution >= 4 is 28.9 Å². The van der Waals surface area contributed by atoms with E-state index >= 15 is 0 Å². The lowest BCUT2D eigenvalue weighted by molar-refractivity contribution is -0.128. The molecule has 1 unspecified atom stereocenters. The van der Waals surface area contributed by atoms with Gasteiger partial charge in [-0.1, -0.05) is 0 Å². The van der Waals surface area contributed by atoms with Crippen LogP contribution in [-0.2, 0) is 9.59 Å². The van der Waals surface area contributed by atoms with Crippen LogP contribution in [-0.4, -0.2) is 24.4 Å². The van der Waals surface area contributed by atoms with E-state index in [9.17, 15) is 18.4 Å². The molecule has 1 heterocycles. The molecule has 7 heteroatoms. The Morgan fingerprint density at radius 2 is 1.39 bits per heavy atom. The summed E-state index contributed by atoms with van der Waals surface area (Å²) in [6.07, 6.45) is 6.19. The minimum absolute atomic E-state index is 0.261. The van der Waals surface area contributed by atoms with Crippen LogP contribution >= 0.6 is 0 Å². The molecule has 2 amide bonds. The Labute approximate surface area is 191 Å². The van der Waals surface area contributed by atoms with E-state index in [2.05, 4.69) is 0 Å². The van der Waals surface area contributed by atoms with E-state index in [0.29, 0.717) is 35.7 Å². The molecular weight excluding hydrogens is 424 g/mol. The second-order valence-corrected chi connectivity index (χ2v) is 10.3. The van der Waals surface area contributed by atoms with Crippen LogP contribution in [0.2, 0.25) is 0 Å². The van der Waals surface area contributed by atoms with Crippen molar-refractivity contribution < 1.29 is 18.4 Å². The molecule has 33 heavy (non-hydrogen) atoms. The van der Waals surface area contributed by atoms with E-state index in [4.69, 9.17) is 5.73 Å². The fraction of sp³-hybridized carbons (Fsp3) is 0.462. The molecule has 4 bridgehead atoms. The first-order valence-corrected chi connectivity index (χ1v) is 11.8. The molecule has 2 N–H and O–H groups in total. The highest BCUT2D eigenvalue weighted by Crippen LogP contribution is 2.57. The van der Waals surface area contributed by atoms with Crippen molar-refractivity contribution in [1.82, 2.24) is 0 Å². The van der Waals surface area contributed by atoms with Crippen molar-refractivity contribution in [1.29, 1.82) is 0 Å². The molecule has 0 saturated heterocycles. The van der Waals surface area contributed by atoms with Crippen LogP contribution in [0, 0.1) is 41.2 Å². The van der Waals surface area contributed by atoms with E-state index < -0.39 is 29.5 Å². The first-order valence-electron chi connectivity index (χ1n) is 11.8. The fourth-order valence-electron chi connectivity index (χ4n) is 7.15. The van der Waals surface area contributed by atoms with Gasteiger partial charge in [0.05, 0.1) is 11.4 Å². The molecule has 0 aromatic heterocycles. The predicted molar refractivity (Wildman–Crippen MR) is 121 cm³/mol. The number of hydrogen-bond acceptors (Lipinski definition) is 3. The summed E-state index contributed by atoms with van der Waals surface area (Å²) in [5, 5.41) is 0. The molecule has 0 spiro atoms. The second kappa shape index (κ2) is 7.62. The summed E-state index contributed by atoms with van der Waals surface area (Å²) in [5.41, 5.74) is 7.26. The molecule has 5 aliphatic rings. The topological polar surface area (TPSA) is 66.6 Å². The number of carbonyl (C=O) groups is 2. The molecule has 0 radical (unpaired) electrons. The van der Waals surface area contributed by atoms with Crippen LogP contribution in [0.25, 0.3) is 0 Å². The van der Waals surface area contributed by atoms with Crippen molar-refractivity contribution in [3.63, 3.8) is 0 Å². The summed E-state index contributed by atoms with van der Waals surface area (Å²) in [7, 11) is 0. The number of fused-ring (bicyclic) bond motifs is 1. The largest absolute Gasteiger partial charge is 0.312 e. The Morgan fingerprint density at radius 1 is 0.788 bits per heavy atom. The first kappa shape index (κ1) is 20.8. The van der Waals surface area contributed by atoms with Gasteiger partial charge >= 0.3 is 0 Å². The van der Waals surface area contributed by atoms with Crippen LogP contribution in [0.1, 0.15) is 32.1 Å². The SMILES string of the molecule is NC1C(=O)N(CC2C3CC4CC(C3)CC2C4)c2ccc(F)cc2N(c2ccc(F)cc2)C1=O. The van der Waals surface area contributed by atoms with Crippen LogP contribution in [0.3, 0.4) is 0 Å². The number of benzene rings is 2. The van der Waals surface area contributed by atoms with Crippen LogP contribution in [0.15, 0.2) is 42.5 Å². The van der Waals surface area contributed by atoms with Crippen LogP contribution in [0.4, 0.5) is 25.8 Å². The standard InChI is InChI=1S/C26H27F2N3O2/c27-18-1-4-20(5-2-18)31-23-12-19(28)3-6-22(23)30(25(32)24(29)26(31)33)13-21-16-8-14-7-15(10-16)11-17(21)9-14/h1-6,12,14-17,21,24H,7-11,13,29H2. The highest BCUT2D eigenvalue weighted by molar-refractivity contribution is 6.22. The number of anilines is 3. The fourth-order valence-corrected chi connectivity index (χ4v) is 7.15. The lowest BCUT2D eigenvalue weighted by Crippen LogP contribution is -2.54. The number of amides is 2. The minimum Gasteiger partial charge on any atom is -0.312 e. The molecule has 5 nitrogen and oxygen atoms in total. The van der Waals surface area contributed by atoms with Gasteiger partial charge in [0.25, 0.3) is 11.8 Å². The van der Waals surface area contributed by atoms with E-state index in [0.717, 1.165) is 11.8 Å². The average molecular weight is 452 g/mol. The maximum Gasteiger partial charge on any atom is 0.258 e. The minimum atomic E-state index is -1.41. The van der Waals surface area contributed by atoms with Crippen molar-refractivity contribution in [2.24, 2.45) is 35.3 Å². The molecule has 4 fully saturated rings. The lowest BCUT2D eigenvalue weighted by atomic mass is 9.52. The zero-order chi connectivity index (χ0) is 22.9. The van der Waals surface area contributed by atoms with Crippen LogP contribution < -0.4 is 15.5 Å². The highest BCUT2D eigenvalue weighted by Gasteiger charge is 2.50. The van der Waals surface area contributed by atoms with Gasteiger partial charge in [0.15, 0.2) is 6.04 Å². The first-order chi connectivity index (χ1) is 15.9. The van der Waals surface area contributed by atoms with E-state index in [-0.39, 0.29) is 5.69 Å². The Balaban J connectivity index is 1.42. The summed E-state index contributed by atoms with van der Waals surface area (Å²) in [6.45, 7) is 0.491. The molecule has 172 valence electrons. The quantitative estimate of drug-likeness (QED) is 0.705. The van der Waals surface area contributed by atoms with E-state index in [1.165, 1.54) is 73.4 Å². The molecular formula is C26H27F2N3O2. The van der Waals surface area contributed by atoms with Gasteiger partial charge in [-0.15, -0.1) is 0 Å². The third-order valence-electron chi connectivity index (χ3n) is 8.39. The summed E-state index contributed by atoms with van der Waals surface area (Å²) in [5.74, 6) is 1.06. The Morgan fingerprint density at radius 3 is 2.03 bits per heavy atom. The van der Waals surface area contributed by atoms with Crippen molar-refractivity contribution in [2.75, 3.05) is 16.3 Å². The second-order valence-electron chi connectivity index (χ2n) is 10.3. The maximum atomic E-state index is 14.4. The normalized spacial score (nSPS) is 32.8. The molecule has 4 aliphatic carbocycles.